The van der Waals surface area contributed by atoms with Gasteiger partial charge < -0.3 is 0 Å². The van der Waals surface area contributed by atoms with Crippen molar-refractivity contribution in [2.24, 2.45) is 0 Å². The largest absolute Gasteiger partial charge is 0.407 e. The minimum Gasteiger partial charge on any atom is -0.294 e. The van der Waals surface area contributed by atoms with E-state index in [9.17, 15) is 18.0 Å². The number of benzene rings is 2. The van der Waals surface area contributed by atoms with Crippen molar-refractivity contribution in [3.05, 3.63) is 100 Å². The van der Waals surface area contributed by atoms with Crippen molar-refractivity contribution in [1.29, 1.82) is 0 Å². The van der Waals surface area contributed by atoms with E-state index in [1.165, 1.54) is 16.9 Å². The predicted octanol–water partition coefficient (Wildman–Crippen LogP) is 6.99. The molecular weight excluding hydrogens is 547 g/mol. The molecule has 0 fully saturated rings. The van der Waals surface area contributed by atoms with E-state index in [1.54, 1.807) is 36.5 Å². The SMILES string of the molecule is [C-]#[N+]c1ccc(-n2cc(-c3cc(C(=O)CCC)cc(-c4cn(-c5ccc([N+]#[C-])c(C(F)(F)F)c5)nn4)n3)nn2)cc1C. The van der Waals surface area contributed by atoms with Gasteiger partial charge in [0, 0.05) is 12.0 Å². The fourth-order valence-electron chi connectivity index (χ4n) is 4.24. The maximum atomic E-state index is 13.5. The first-order valence-electron chi connectivity index (χ1n) is 12.6. The molecule has 0 radical (unpaired) electrons. The Labute approximate surface area is 237 Å². The highest BCUT2D eigenvalue weighted by molar-refractivity contribution is 5.97. The number of hydrogen-bond acceptors (Lipinski definition) is 6. The number of pyridine rings is 1. The van der Waals surface area contributed by atoms with Crippen LogP contribution >= 0.6 is 0 Å². The quantitative estimate of drug-likeness (QED) is 0.155. The first-order chi connectivity index (χ1) is 20.1. The van der Waals surface area contributed by atoms with Crippen molar-refractivity contribution in [2.45, 2.75) is 32.9 Å². The van der Waals surface area contributed by atoms with E-state index in [4.69, 9.17) is 13.1 Å². The number of aromatic nitrogens is 7. The van der Waals surface area contributed by atoms with Crippen LogP contribution in [0.25, 0.3) is 43.8 Å². The normalized spacial score (nSPS) is 11.2. The van der Waals surface area contributed by atoms with Gasteiger partial charge in [-0.1, -0.05) is 29.5 Å². The molecule has 0 atom stereocenters. The summed E-state index contributed by atoms with van der Waals surface area (Å²) in [5.74, 6) is -0.128. The molecule has 0 saturated carbocycles. The number of Topliss-reactive ketones (excluding diaryl/α,β-unsaturated/α-hetero) is 1. The summed E-state index contributed by atoms with van der Waals surface area (Å²) in [6.45, 7) is 18.0. The van der Waals surface area contributed by atoms with Crippen molar-refractivity contribution in [1.82, 2.24) is 35.0 Å². The molecule has 0 unspecified atom stereocenters. The van der Waals surface area contributed by atoms with Crippen molar-refractivity contribution in [2.75, 3.05) is 0 Å². The number of alkyl halides is 3. The third-order valence-electron chi connectivity index (χ3n) is 6.37. The van der Waals surface area contributed by atoms with Gasteiger partial charge in [0.2, 0.25) is 0 Å². The first-order valence-corrected chi connectivity index (χ1v) is 12.6. The molecule has 0 bridgehead atoms. The molecule has 0 aliphatic carbocycles. The van der Waals surface area contributed by atoms with Gasteiger partial charge in [0.15, 0.2) is 17.2 Å². The van der Waals surface area contributed by atoms with Crippen LogP contribution in [-0.2, 0) is 6.18 Å². The van der Waals surface area contributed by atoms with Gasteiger partial charge >= 0.3 is 6.18 Å². The van der Waals surface area contributed by atoms with E-state index in [0.717, 1.165) is 22.4 Å². The summed E-state index contributed by atoms with van der Waals surface area (Å²) in [4.78, 5) is 23.9. The molecule has 0 amide bonds. The highest BCUT2D eigenvalue weighted by Gasteiger charge is 2.34. The van der Waals surface area contributed by atoms with Gasteiger partial charge in [-0.05, 0) is 55.3 Å². The highest BCUT2D eigenvalue weighted by atomic mass is 19.4. The lowest BCUT2D eigenvalue weighted by molar-refractivity contribution is -0.136. The lowest BCUT2D eigenvalue weighted by Crippen LogP contribution is -2.07. The van der Waals surface area contributed by atoms with Crippen LogP contribution in [0, 0.1) is 20.1 Å². The Balaban J connectivity index is 1.55. The van der Waals surface area contributed by atoms with Gasteiger partial charge in [-0.2, -0.15) is 13.2 Å². The molecule has 0 aliphatic heterocycles. The number of hydrogen-bond donors (Lipinski definition) is 0. The Morgan fingerprint density at radius 2 is 1.38 bits per heavy atom. The fourth-order valence-corrected chi connectivity index (χ4v) is 4.24. The number of ketones is 1. The number of rotatable bonds is 7. The second-order valence-electron chi connectivity index (χ2n) is 9.29. The second kappa shape index (κ2) is 11.1. The fraction of sp³-hybridized carbons (Fsp3) is 0.172. The van der Waals surface area contributed by atoms with E-state index >= 15 is 0 Å². The number of halogens is 3. The molecule has 2 aromatic carbocycles. The average molecular weight is 568 g/mol. The number of aryl methyl sites for hydroxylation is 1. The van der Waals surface area contributed by atoms with Crippen LogP contribution in [0.4, 0.5) is 24.5 Å². The van der Waals surface area contributed by atoms with E-state index in [2.05, 4.69) is 35.3 Å². The summed E-state index contributed by atoms with van der Waals surface area (Å²) in [6.07, 6.45) is -0.769. The molecule has 3 heterocycles. The van der Waals surface area contributed by atoms with Gasteiger partial charge in [0.05, 0.1) is 53.9 Å². The lowest BCUT2D eigenvalue weighted by atomic mass is 10.0. The van der Waals surface area contributed by atoms with Gasteiger partial charge in [0.1, 0.15) is 11.4 Å². The third kappa shape index (κ3) is 5.48. The van der Waals surface area contributed by atoms with E-state index in [1.807, 2.05) is 13.8 Å². The average Bonchev–Trinajstić information content (AvgIpc) is 3.67. The summed E-state index contributed by atoms with van der Waals surface area (Å²) in [7, 11) is 0. The Kier molecular flexibility index (Phi) is 7.34. The topological polar surface area (TPSA) is 100 Å². The van der Waals surface area contributed by atoms with Crippen LogP contribution < -0.4 is 0 Å². The molecule has 13 heteroatoms. The zero-order chi connectivity index (χ0) is 30.0. The number of nitrogens with zero attached hydrogens (tertiary/aromatic N) is 9. The molecule has 42 heavy (non-hydrogen) atoms. The van der Waals surface area contributed by atoms with Gasteiger partial charge in [-0.25, -0.2) is 24.0 Å². The maximum absolute atomic E-state index is 13.5. The van der Waals surface area contributed by atoms with Crippen molar-refractivity contribution >= 4 is 17.2 Å². The number of carbonyl (C=O) groups is 1. The summed E-state index contributed by atoms with van der Waals surface area (Å²) < 4.78 is 43.2. The van der Waals surface area contributed by atoms with Crippen LogP contribution in [-0.4, -0.2) is 40.8 Å². The smallest absolute Gasteiger partial charge is 0.294 e. The Hall–Kier alpha value is -5.69. The molecule has 0 N–H and O–H groups in total. The number of carbonyl (C=O) groups excluding carboxylic acids is 1. The van der Waals surface area contributed by atoms with Gasteiger partial charge in [0.25, 0.3) is 0 Å². The predicted molar refractivity (Wildman–Crippen MR) is 146 cm³/mol. The van der Waals surface area contributed by atoms with Crippen LogP contribution in [0.3, 0.4) is 0 Å². The van der Waals surface area contributed by atoms with E-state index in [-0.39, 0.29) is 22.9 Å². The summed E-state index contributed by atoms with van der Waals surface area (Å²) in [6, 6.07) is 11.6. The van der Waals surface area contributed by atoms with Crippen LogP contribution in [0.2, 0.25) is 0 Å². The summed E-state index contributed by atoms with van der Waals surface area (Å²) in [5, 5.41) is 16.5. The maximum Gasteiger partial charge on any atom is 0.407 e. The Bertz CT molecular complexity index is 1910. The van der Waals surface area contributed by atoms with Crippen LogP contribution in [0.15, 0.2) is 60.9 Å². The van der Waals surface area contributed by atoms with Gasteiger partial charge in [-0.15, -0.1) is 10.2 Å². The zero-order valence-corrected chi connectivity index (χ0v) is 22.3. The first kappa shape index (κ1) is 27.9. The molecule has 208 valence electrons. The monoisotopic (exact) mass is 567 g/mol. The molecule has 5 rings (SSSR count). The minimum atomic E-state index is -4.72. The summed E-state index contributed by atoms with van der Waals surface area (Å²) in [5.41, 5.74) is 1.97. The Morgan fingerprint density at radius 3 is 1.88 bits per heavy atom. The van der Waals surface area contributed by atoms with Crippen molar-refractivity contribution < 1.29 is 18.0 Å². The molecule has 10 nitrogen and oxygen atoms in total. The second-order valence-corrected chi connectivity index (χ2v) is 9.29. The third-order valence-corrected chi connectivity index (χ3v) is 6.37. The van der Waals surface area contributed by atoms with Crippen molar-refractivity contribution in [3.63, 3.8) is 0 Å². The van der Waals surface area contributed by atoms with E-state index < -0.39 is 17.4 Å². The highest BCUT2D eigenvalue weighted by Crippen LogP contribution is 2.37. The van der Waals surface area contributed by atoms with Crippen LogP contribution in [0.5, 0.6) is 0 Å². The molecule has 3 aromatic heterocycles. The molecule has 5 aromatic rings. The van der Waals surface area contributed by atoms with Crippen molar-refractivity contribution in [3.8, 4) is 34.2 Å². The standard InChI is InChI=1S/C29H20F3N9O/c1-5-6-28(42)18-12-24(26-15-40(38-36-26)19-7-9-22(33-3)17(2)11-19)35-25(13-18)27-16-41(39-37-27)20-8-10-23(34-4)21(14-20)29(30,31)32/h7-16H,5-6H2,1-2H3. The lowest BCUT2D eigenvalue weighted by Gasteiger charge is -2.10. The van der Waals surface area contributed by atoms with Gasteiger partial charge in [-0.3, -0.25) is 4.79 Å². The molecule has 0 spiro atoms. The summed E-state index contributed by atoms with van der Waals surface area (Å²) >= 11 is 0. The molecule has 0 saturated heterocycles. The van der Waals surface area contributed by atoms with Crippen LogP contribution in [0.1, 0.15) is 41.3 Å². The van der Waals surface area contributed by atoms with E-state index in [0.29, 0.717) is 41.2 Å². The Morgan fingerprint density at radius 1 is 0.833 bits per heavy atom. The minimum absolute atomic E-state index is 0.0504. The molecular formula is C29H20F3N9O. The molecule has 0 aliphatic rings. The zero-order valence-electron chi connectivity index (χ0n) is 22.3.